The third-order valence-corrected chi connectivity index (χ3v) is 4.49. The first-order valence-electron chi connectivity index (χ1n) is 7.18. The minimum atomic E-state index is -0.861. The van der Waals surface area contributed by atoms with Crippen molar-refractivity contribution in [1.29, 1.82) is 0 Å². The lowest BCUT2D eigenvalue weighted by Crippen LogP contribution is -2.54. The third kappa shape index (κ3) is 4.21. The Hall–Kier alpha value is -1.55. The van der Waals surface area contributed by atoms with Crippen molar-refractivity contribution >= 4 is 23.5 Å². The number of carboxylic acid groups (broad SMARTS) is 1. The van der Waals surface area contributed by atoms with E-state index in [1.807, 2.05) is 25.1 Å². The van der Waals surface area contributed by atoms with Crippen molar-refractivity contribution in [1.82, 2.24) is 5.32 Å². The van der Waals surface area contributed by atoms with Gasteiger partial charge in [0.05, 0.1) is 12.0 Å². The number of benzene rings is 1. The monoisotopic (exact) mass is 309 g/mol. The molecule has 1 aromatic rings. The maximum absolute atomic E-state index is 12.0. The topological polar surface area (TPSA) is 66.4 Å². The van der Waals surface area contributed by atoms with Gasteiger partial charge in [0, 0.05) is 11.4 Å². The molecular formula is C16H20ClNO3. The van der Waals surface area contributed by atoms with Gasteiger partial charge in [-0.25, -0.2) is 0 Å². The van der Waals surface area contributed by atoms with Gasteiger partial charge >= 0.3 is 5.97 Å². The molecule has 21 heavy (non-hydrogen) atoms. The Morgan fingerprint density at radius 1 is 1.38 bits per heavy atom. The van der Waals surface area contributed by atoms with Crippen molar-refractivity contribution in [2.24, 2.45) is 0 Å². The molecule has 0 aliphatic heterocycles. The standard InChI is InChI=1S/C16H20ClNO3/c1-11-3-4-12(9-13(11)17)5-6-14(19)18-16(7-2-8-16)10-15(20)21/h3-4,9H,2,5-8,10H2,1H3,(H,18,19)(H,20,21). The van der Waals surface area contributed by atoms with Crippen LogP contribution >= 0.6 is 11.6 Å². The molecule has 1 aliphatic rings. The normalized spacial score (nSPS) is 16.1. The molecule has 2 N–H and O–H groups in total. The van der Waals surface area contributed by atoms with Crippen LogP contribution in [0.2, 0.25) is 5.02 Å². The average molecular weight is 310 g/mol. The Kier molecular flexibility index (Phi) is 4.88. The van der Waals surface area contributed by atoms with Crippen LogP contribution in [0.25, 0.3) is 0 Å². The largest absolute Gasteiger partial charge is 0.481 e. The molecule has 0 bridgehead atoms. The lowest BCUT2D eigenvalue weighted by Gasteiger charge is -2.41. The second kappa shape index (κ2) is 6.48. The molecular weight excluding hydrogens is 290 g/mol. The van der Waals surface area contributed by atoms with E-state index >= 15 is 0 Å². The second-order valence-electron chi connectivity index (χ2n) is 5.84. The van der Waals surface area contributed by atoms with Crippen LogP contribution < -0.4 is 5.32 Å². The predicted molar refractivity (Wildman–Crippen MR) is 81.5 cm³/mol. The summed E-state index contributed by atoms with van der Waals surface area (Å²) in [5.74, 6) is -0.951. The van der Waals surface area contributed by atoms with E-state index in [1.54, 1.807) is 0 Å². The highest BCUT2D eigenvalue weighted by atomic mass is 35.5. The molecule has 1 fully saturated rings. The van der Waals surface area contributed by atoms with Gasteiger partial charge in [-0.3, -0.25) is 9.59 Å². The summed E-state index contributed by atoms with van der Waals surface area (Å²) < 4.78 is 0. The second-order valence-corrected chi connectivity index (χ2v) is 6.24. The summed E-state index contributed by atoms with van der Waals surface area (Å²) in [5.41, 5.74) is 1.51. The first-order valence-corrected chi connectivity index (χ1v) is 7.56. The summed E-state index contributed by atoms with van der Waals surface area (Å²) in [6.07, 6.45) is 3.44. The maximum Gasteiger partial charge on any atom is 0.305 e. The predicted octanol–water partition coefficient (Wildman–Crippen LogP) is 3.09. The lowest BCUT2D eigenvalue weighted by molar-refractivity contribution is -0.140. The molecule has 4 nitrogen and oxygen atoms in total. The van der Waals surface area contributed by atoms with Gasteiger partial charge in [-0.2, -0.15) is 0 Å². The Morgan fingerprint density at radius 3 is 2.62 bits per heavy atom. The number of carboxylic acids is 1. The molecule has 0 atom stereocenters. The van der Waals surface area contributed by atoms with E-state index in [4.69, 9.17) is 16.7 Å². The van der Waals surface area contributed by atoms with Crippen molar-refractivity contribution in [2.75, 3.05) is 0 Å². The van der Waals surface area contributed by atoms with Crippen LogP contribution in [0.4, 0.5) is 0 Å². The first kappa shape index (κ1) is 15.8. The molecule has 1 saturated carbocycles. The summed E-state index contributed by atoms with van der Waals surface area (Å²) in [7, 11) is 0. The fourth-order valence-corrected chi connectivity index (χ4v) is 2.85. The molecule has 1 aliphatic carbocycles. The van der Waals surface area contributed by atoms with Crippen LogP contribution in [0, 0.1) is 6.92 Å². The summed E-state index contributed by atoms with van der Waals surface area (Å²) in [6.45, 7) is 1.94. The highest BCUT2D eigenvalue weighted by Gasteiger charge is 2.40. The number of nitrogens with one attached hydrogen (secondary N) is 1. The molecule has 2 rings (SSSR count). The zero-order valence-electron chi connectivity index (χ0n) is 12.1. The summed E-state index contributed by atoms with van der Waals surface area (Å²) in [5, 5.41) is 12.5. The SMILES string of the molecule is Cc1ccc(CCC(=O)NC2(CC(=O)O)CCC2)cc1Cl. The molecule has 0 unspecified atom stereocenters. The number of carbonyl (C=O) groups is 2. The number of hydrogen-bond acceptors (Lipinski definition) is 2. The van der Waals surface area contributed by atoms with Gasteiger partial charge < -0.3 is 10.4 Å². The van der Waals surface area contributed by atoms with Crippen LogP contribution in [0.3, 0.4) is 0 Å². The maximum atomic E-state index is 12.0. The van der Waals surface area contributed by atoms with Crippen molar-refractivity contribution in [3.05, 3.63) is 34.3 Å². The minimum absolute atomic E-state index is 0.00903. The molecule has 1 amide bonds. The number of rotatable bonds is 6. The summed E-state index contributed by atoms with van der Waals surface area (Å²) in [6, 6.07) is 5.78. The number of halogens is 1. The van der Waals surface area contributed by atoms with Crippen LogP contribution in [0.15, 0.2) is 18.2 Å². The van der Waals surface area contributed by atoms with Crippen molar-refractivity contribution in [3.63, 3.8) is 0 Å². The zero-order valence-corrected chi connectivity index (χ0v) is 12.9. The Labute approximate surface area is 129 Å². The zero-order chi connectivity index (χ0) is 15.5. The Morgan fingerprint density at radius 2 is 2.10 bits per heavy atom. The molecule has 0 heterocycles. The van der Waals surface area contributed by atoms with Crippen molar-refractivity contribution < 1.29 is 14.7 Å². The lowest BCUT2D eigenvalue weighted by atomic mass is 9.74. The molecule has 1 aromatic carbocycles. The van der Waals surface area contributed by atoms with Gasteiger partial charge in [0.1, 0.15) is 0 Å². The van der Waals surface area contributed by atoms with Crippen LogP contribution in [-0.4, -0.2) is 22.5 Å². The molecule has 0 aromatic heterocycles. The number of hydrogen-bond donors (Lipinski definition) is 2. The minimum Gasteiger partial charge on any atom is -0.481 e. The van der Waals surface area contributed by atoms with Gasteiger partial charge in [-0.15, -0.1) is 0 Å². The molecule has 0 radical (unpaired) electrons. The van der Waals surface area contributed by atoms with Gasteiger partial charge in [-0.1, -0.05) is 23.7 Å². The molecule has 0 spiro atoms. The Bertz CT molecular complexity index is 552. The third-order valence-electron chi connectivity index (χ3n) is 4.08. The van der Waals surface area contributed by atoms with E-state index in [1.165, 1.54) is 0 Å². The Balaban J connectivity index is 1.86. The average Bonchev–Trinajstić information content (AvgIpc) is 2.37. The van der Waals surface area contributed by atoms with E-state index in [9.17, 15) is 9.59 Å². The van der Waals surface area contributed by atoms with Crippen molar-refractivity contribution in [3.8, 4) is 0 Å². The van der Waals surface area contributed by atoms with Crippen LogP contribution in [0.5, 0.6) is 0 Å². The van der Waals surface area contributed by atoms with E-state index in [2.05, 4.69) is 5.32 Å². The van der Waals surface area contributed by atoms with Crippen LogP contribution in [0.1, 0.15) is 43.2 Å². The smallest absolute Gasteiger partial charge is 0.305 e. The molecule has 5 heteroatoms. The van der Waals surface area contributed by atoms with E-state index in [0.29, 0.717) is 17.9 Å². The number of amides is 1. The molecule has 114 valence electrons. The fourth-order valence-electron chi connectivity index (χ4n) is 2.65. The van der Waals surface area contributed by atoms with E-state index in [0.717, 1.165) is 30.4 Å². The van der Waals surface area contributed by atoms with Gasteiger partial charge in [0.2, 0.25) is 5.91 Å². The van der Waals surface area contributed by atoms with Crippen molar-refractivity contribution in [2.45, 2.75) is 51.0 Å². The van der Waals surface area contributed by atoms with Gasteiger partial charge in [0.15, 0.2) is 0 Å². The van der Waals surface area contributed by atoms with Crippen LogP contribution in [-0.2, 0) is 16.0 Å². The summed E-state index contributed by atoms with van der Waals surface area (Å²) >= 11 is 6.06. The molecule has 0 saturated heterocycles. The highest BCUT2D eigenvalue weighted by Crippen LogP contribution is 2.35. The van der Waals surface area contributed by atoms with E-state index in [-0.39, 0.29) is 12.3 Å². The number of aliphatic carboxylic acids is 1. The number of aryl methyl sites for hydroxylation is 2. The van der Waals surface area contributed by atoms with Gasteiger partial charge in [0.25, 0.3) is 0 Å². The number of carbonyl (C=O) groups excluding carboxylic acids is 1. The highest BCUT2D eigenvalue weighted by molar-refractivity contribution is 6.31. The fraction of sp³-hybridized carbons (Fsp3) is 0.500. The van der Waals surface area contributed by atoms with Gasteiger partial charge in [-0.05, 0) is 49.8 Å². The summed E-state index contributed by atoms with van der Waals surface area (Å²) in [4.78, 5) is 22.9. The quantitative estimate of drug-likeness (QED) is 0.848. The first-order chi connectivity index (χ1) is 9.90. The van der Waals surface area contributed by atoms with E-state index < -0.39 is 11.5 Å².